The molecule has 1 aromatic heterocycles. The van der Waals surface area contributed by atoms with Gasteiger partial charge in [0, 0.05) is 30.2 Å². The minimum Gasteiger partial charge on any atom is -0.481 e. The highest BCUT2D eigenvalue weighted by Gasteiger charge is 2.27. The minimum absolute atomic E-state index is 0.0357. The van der Waals surface area contributed by atoms with Gasteiger partial charge in [0.05, 0.1) is 19.3 Å². The van der Waals surface area contributed by atoms with Crippen molar-refractivity contribution in [2.24, 2.45) is 0 Å². The first-order chi connectivity index (χ1) is 11.1. The van der Waals surface area contributed by atoms with E-state index in [1.807, 2.05) is 12.1 Å². The number of rotatable bonds is 4. The van der Waals surface area contributed by atoms with Crippen LogP contribution < -0.4 is 4.74 Å². The van der Waals surface area contributed by atoms with E-state index in [0.717, 1.165) is 18.7 Å². The van der Waals surface area contributed by atoms with Crippen LogP contribution >= 0.6 is 11.9 Å². The molecular weight excluding hydrogens is 308 g/mol. The molecular formula is C18H22N2O2S. The quantitative estimate of drug-likeness (QED) is 0.795. The summed E-state index contributed by atoms with van der Waals surface area (Å²) in [7, 11) is 1.63. The average Bonchev–Trinajstić information content (AvgIpc) is 2.56. The van der Waals surface area contributed by atoms with Crippen LogP contribution in [0.2, 0.25) is 0 Å². The van der Waals surface area contributed by atoms with Gasteiger partial charge in [-0.25, -0.2) is 9.29 Å². The van der Waals surface area contributed by atoms with E-state index in [0.29, 0.717) is 5.88 Å². The van der Waals surface area contributed by atoms with Gasteiger partial charge in [-0.05, 0) is 49.6 Å². The predicted octanol–water partition coefficient (Wildman–Crippen LogP) is 3.87. The number of morpholine rings is 1. The lowest BCUT2D eigenvalue weighted by atomic mass is 10.1. The summed E-state index contributed by atoms with van der Waals surface area (Å²) in [6, 6.07) is 12.6. The molecule has 0 bridgehead atoms. The summed E-state index contributed by atoms with van der Waals surface area (Å²) in [5, 5.41) is 0. The molecule has 0 aliphatic carbocycles. The average molecular weight is 330 g/mol. The highest BCUT2D eigenvalue weighted by atomic mass is 32.2. The lowest BCUT2D eigenvalue weighted by molar-refractivity contribution is -0.0532. The van der Waals surface area contributed by atoms with E-state index in [-0.39, 0.29) is 12.2 Å². The molecule has 0 spiro atoms. The Balaban J connectivity index is 1.72. The van der Waals surface area contributed by atoms with Crippen molar-refractivity contribution in [3.8, 4) is 5.88 Å². The van der Waals surface area contributed by atoms with Crippen LogP contribution in [0.3, 0.4) is 0 Å². The first kappa shape index (κ1) is 16.3. The maximum Gasteiger partial charge on any atom is 0.213 e. The van der Waals surface area contributed by atoms with E-state index < -0.39 is 0 Å². The topological polar surface area (TPSA) is 34.6 Å². The number of aromatic nitrogens is 1. The van der Waals surface area contributed by atoms with Gasteiger partial charge in [0.1, 0.15) is 0 Å². The second-order valence-corrected chi connectivity index (χ2v) is 6.99. The molecule has 122 valence electrons. The van der Waals surface area contributed by atoms with Crippen molar-refractivity contribution >= 4 is 11.9 Å². The van der Waals surface area contributed by atoms with Gasteiger partial charge in [-0.1, -0.05) is 17.7 Å². The van der Waals surface area contributed by atoms with Crippen molar-refractivity contribution in [2.45, 2.75) is 31.0 Å². The number of nitrogens with zero attached hydrogens (tertiary/aromatic N) is 2. The van der Waals surface area contributed by atoms with Crippen molar-refractivity contribution in [3.63, 3.8) is 0 Å². The van der Waals surface area contributed by atoms with Crippen LogP contribution in [0.1, 0.15) is 24.2 Å². The zero-order valence-electron chi connectivity index (χ0n) is 13.7. The molecule has 0 radical (unpaired) electrons. The van der Waals surface area contributed by atoms with E-state index in [9.17, 15) is 0 Å². The number of ether oxygens (including phenoxy) is 2. The van der Waals surface area contributed by atoms with Crippen LogP contribution in [0.15, 0.2) is 47.5 Å². The third-order valence-electron chi connectivity index (χ3n) is 3.82. The van der Waals surface area contributed by atoms with E-state index in [1.165, 1.54) is 10.5 Å². The molecule has 3 rings (SSSR count). The van der Waals surface area contributed by atoms with Crippen LogP contribution in [0, 0.1) is 6.92 Å². The summed E-state index contributed by atoms with van der Waals surface area (Å²) in [6.07, 6.45) is 1.99. The maximum absolute atomic E-state index is 6.12. The summed E-state index contributed by atoms with van der Waals surface area (Å²) < 4.78 is 13.7. The third-order valence-corrected chi connectivity index (χ3v) is 4.86. The van der Waals surface area contributed by atoms with Gasteiger partial charge in [-0.3, -0.25) is 0 Å². The Hall–Kier alpha value is -1.56. The summed E-state index contributed by atoms with van der Waals surface area (Å²) in [5.74, 6) is 0.627. The van der Waals surface area contributed by atoms with Gasteiger partial charge in [0.2, 0.25) is 5.88 Å². The molecule has 5 heteroatoms. The third kappa shape index (κ3) is 4.25. The Kier molecular flexibility index (Phi) is 5.20. The summed E-state index contributed by atoms with van der Waals surface area (Å²) in [5.41, 5.74) is 2.39. The first-order valence-electron chi connectivity index (χ1n) is 7.79. The van der Waals surface area contributed by atoms with Crippen molar-refractivity contribution in [3.05, 3.63) is 53.7 Å². The fraction of sp³-hybridized carbons (Fsp3) is 0.389. The molecule has 1 fully saturated rings. The van der Waals surface area contributed by atoms with E-state index >= 15 is 0 Å². The zero-order chi connectivity index (χ0) is 16.2. The van der Waals surface area contributed by atoms with Crippen molar-refractivity contribution in [1.82, 2.24) is 9.29 Å². The van der Waals surface area contributed by atoms with Gasteiger partial charge < -0.3 is 9.47 Å². The molecule has 0 saturated carbocycles. The molecule has 2 heterocycles. The van der Waals surface area contributed by atoms with Crippen molar-refractivity contribution < 1.29 is 9.47 Å². The predicted molar refractivity (Wildman–Crippen MR) is 92.7 cm³/mol. The fourth-order valence-electron chi connectivity index (χ4n) is 2.66. The van der Waals surface area contributed by atoms with Crippen molar-refractivity contribution in [2.75, 3.05) is 20.2 Å². The van der Waals surface area contributed by atoms with E-state index in [4.69, 9.17) is 9.47 Å². The number of hydrogen-bond donors (Lipinski definition) is 0. The number of hydrogen-bond acceptors (Lipinski definition) is 5. The lowest BCUT2D eigenvalue weighted by Crippen LogP contribution is -2.38. The monoisotopic (exact) mass is 330 g/mol. The maximum atomic E-state index is 6.12. The smallest absolute Gasteiger partial charge is 0.213 e. The van der Waals surface area contributed by atoms with Crippen LogP contribution in [0.25, 0.3) is 0 Å². The molecule has 0 N–H and O–H groups in total. The van der Waals surface area contributed by atoms with Gasteiger partial charge in [0.25, 0.3) is 0 Å². The van der Waals surface area contributed by atoms with Gasteiger partial charge >= 0.3 is 0 Å². The summed E-state index contributed by atoms with van der Waals surface area (Å²) >= 11 is 1.79. The Labute approximate surface area is 142 Å². The normalized spacial score (nSPS) is 22.0. The molecule has 4 nitrogen and oxygen atoms in total. The molecule has 2 atom stereocenters. The lowest BCUT2D eigenvalue weighted by Gasteiger charge is -2.36. The van der Waals surface area contributed by atoms with Gasteiger partial charge in [-0.2, -0.15) is 0 Å². The standard InChI is InChI=1S/C18H22N2O2S/c1-13-4-6-16(7-5-13)23-20-11-14(2)22-17(12-20)15-8-9-19-18(10-15)21-3/h4-10,14,17H,11-12H2,1-3H3. The molecule has 23 heavy (non-hydrogen) atoms. The number of aryl methyl sites for hydroxylation is 1. The van der Waals surface area contributed by atoms with Crippen LogP contribution in [0.5, 0.6) is 5.88 Å². The van der Waals surface area contributed by atoms with Crippen LogP contribution in [0.4, 0.5) is 0 Å². The molecule has 1 saturated heterocycles. The second kappa shape index (κ2) is 7.34. The molecule has 2 aromatic rings. The van der Waals surface area contributed by atoms with E-state index in [1.54, 1.807) is 25.3 Å². The number of benzene rings is 1. The van der Waals surface area contributed by atoms with Crippen LogP contribution in [-0.2, 0) is 4.74 Å². The zero-order valence-corrected chi connectivity index (χ0v) is 14.5. The molecule has 2 unspecified atom stereocenters. The first-order valence-corrected chi connectivity index (χ1v) is 8.56. The Bertz CT molecular complexity index is 648. The fourth-order valence-corrected chi connectivity index (χ4v) is 3.71. The number of pyridine rings is 1. The Morgan fingerprint density at radius 1 is 1.22 bits per heavy atom. The van der Waals surface area contributed by atoms with Gasteiger partial charge in [0.15, 0.2) is 0 Å². The molecule has 1 aromatic carbocycles. The molecule has 0 amide bonds. The molecule has 1 aliphatic rings. The van der Waals surface area contributed by atoms with E-state index in [2.05, 4.69) is 47.4 Å². The Morgan fingerprint density at radius 2 is 2.00 bits per heavy atom. The highest BCUT2D eigenvalue weighted by molar-refractivity contribution is 7.97. The number of methoxy groups -OCH3 is 1. The SMILES string of the molecule is COc1cc(C2CN(Sc3ccc(C)cc3)CC(C)O2)ccn1. The van der Waals surface area contributed by atoms with Crippen LogP contribution in [-0.4, -0.2) is 35.6 Å². The largest absolute Gasteiger partial charge is 0.481 e. The second-order valence-electron chi connectivity index (χ2n) is 5.82. The minimum atomic E-state index is 0.0357. The van der Waals surface area contributed by atoms with Gasteiger partial charge in [-0.15, -0.1) is 0 Å². The summed E-state index contributed by atoms with van der Waals surface area (Å²) in [4.78, 5) is 5.43. The highest BCUT2D eigenvalue weighted by Crippen LogP contribution is 2.32. The Morgan fingerprint density at radius 3 is 2.74 bits per heavy atom. The van der Waals surface area contributed by atoms with Crippen molar-refractivity contribution in [1.29, 1.82) is 0 Å². The summed E-state index contributed by atoms with van der Waals surface area (Å²) in [6.45, 7) is 5.98. The molecule has 1 aliphatic heterocycles.